The Morgan fingerprint density at radius 1 is 1.35 bits per heavy atom. The fourth-order valence-electron chi connectivity index (χ4n) is 3.56. The van der Waals surface area contributed by atoms with Crippen LogP contribution in [-0.2, 0) is 9.47 Å². The largest absolute Gasteiger partial charge is 0.380 e. The highest BCUT2D eigenvalue weighted by atomic mass is 16.5. The third-order valence-electron chi connectivity index (χ3n) is 4.32. The van der Waals surface area contributed by atoms with E-state index in [1.54, 1.807) is 18.3 Å². The Labute approximate surface area is 104 Å². The molecule has 1 heterocycles. The molecule has 0 spiro atoms. The summed E-state index contributed by atoms with van der Waals surface area (Å²) in [4.78, 5) is 0. The van der Waals surface area contributed by atoms with Gasteiger partial charge >= 0.3 is 0 Å². The first-order valence-corrected chi connectivity index (χ1v) is 6.94. The molecular formula is C15H22O2. The van der Waals surface area contributed by atoms with Gasteiger partial charge in [0.25, 0.3) is 0 Å². The fourth-order valence-corrected chi connectivity index (χ4v) is 3.56. The van der Waals surface area contributed by atoms with Crippen molar-refractivity contribution >= 4 is 0 Å². The number of hydrogen-bond acceptors (Lipinski definition) is 2. The quantitative estimate of drug-likeness (QED) is 0.746. The molecule has 2 unspecified atom stereocenters. The summed E-state index contributed by atoms with van der Waals surface area (Å²) in [5.41, 5.74) is 4.65. The molecule has 94 valence electrons. The van der Waals surface area contributed by atoms with Crippen molar-refractivity contribution < 1.29 is 9.47 Å². The van der Waals surface area contributed by atoms with Gasteiger partial charge in [0.1, 0.15) is 0 Å². The summed E-state index contributed by atoms with van der Waals surface area (Å²) in [6.07, 6.45) is 10.6. The van der Waals surface area contributed by atoms with Gasteiger partial charge in [-0.2, -0.15) is 0 Å². The van der Waals surface area contributed by atoms with Crippen LogP contribution < -0.4 is 0 Å². The Bertz CT molecular complexity index is 354. The van der Waals surface area contributed by atoms with E-state index in [0.717, 1.165) is 13.2 Å². The predicted octanol–water partition coefficient (Wildman–Crippen LogP) is 3.24. The standard InChI is InChI=1S/C15H22O2/c1-16-10-13-14(11-6-3-2-4-7-11)12-8-5-9-17-15(12)13/h6,12,15H,2-5,7-10H2,1H3. The smallest absolute Gasteiger partial charge is 0.0881 e. The van der Waals surface area contributed by atoms with Gasteiger partial charge < -0.3 is 9.47 Å². The molecule has 0 bridgehead atoms. The van der Waals surface area contributed by atoms with Crippen LogP contribution in [-0.4, -0.2) is 26.4 Å². The second kappa shape index (κ2) is 4.95. The van der Waals surface area contributed by atoms with Crippen molar-refractivity contribution in [3.8, 4) is 0 Å². The van der Waals surface area contributed by atoms with Crippen LogP contribution >= 0.6 is 0 Å². The molecule has 0 radical (unpaired) electrons. The van der Waals surface area contributed by atoms with Gasteiger partial charge in [-0.05, 0) is 55.2 Å². The average molecular weight is 234 g/mol. The maximum absolute atomic E-state index is 5.90. The summed E-state index contributed by atoms with van der Waals surface area (Å²) in [6.45, 7) is 1.69. The van der Waals surface area contributed by atoms with E-state index in [9.17, 15) is 0 Å². The van der Waals surface area contributed by atoms with Crippen molar-refractivity contribution in [2.24, 2.45) is 5.92 Å². The molecular weight excluding hydrogens is 212 g/mol. The van der Waals surface area contributed by atoms with Crippen LogP contribution in [0.1, 0.15) is 38.5 Å². The maximum Gasteiger partial charge on any atom is 0.0881 e. The number of hydrogen-bond donors (Lipinski definition) is 0. The molecule has 0 aromatic rings. The highest BCUT2D eigenvalue weighted by Gasteiger charge is 2.43. The highest BCUT2D eigenvalue weighted by Crippen LogP contribution is 2.48. The zero-order valence-corrected chi connectivity index (χ0v) is 10.7. The summed E-state index contributed by atoms with van der Waals surface area (Å²) >= 11 is 0. The summed E-state index contributed by atoms with van der Waals surface area (Å²) in [5.74, 6) is 0.679. The minimum atomic E-state index is 0.376. The molecule has 3 aliphatic rings. The van der Waals surface area contributed by atoms with E-state index < -0.39 is 0 Å². The summed E-state index contributed by atoms with van der Waals surface area (Å²) < 4.78 is 11.2. The lowest BCUT2D eigenvalue weighted by Crippen LogP contribution is -2.44. The van der Waals surface area contributed by atoms with Crippen LogP contribution in [0.2, 0.25) is 0 Å². The molecule has 3 rings (SSSR count). The minimum Gasteiger partial charge on any atom is -0.380 e. The van der Waals surface area contributed by atoms with Crippen molar-refractivity contribution in [3.63, 3.8) is 0 Å². The first-order valence-electron chi connectivity index (χ1n) is 6.94. The van der Waals surface area contributed by atoms with E-state index >= 15 is 0 Å². The second-order valence-electron chi connectivity index (χ2n) is 5.39. The molecule has 17 heavy (non-hydrogen) atoms. The molecule has 0 N–H and O–H groups in total. The molecule has 0 aromatic heterocycles. The monoisotopic (exact) mass is 234 g/mol. The molecule has 2 atom stereocenters. The first-order chi connectivity index (χ1) is 8.42. The summed E-state index contributed by atoms with van der Waals surface area (Å²) in [7, 11) is 1.79. The predicted molar refractivity (Wildman–Crippen MR) is 67.9 cm³/mol. The SMILES string of the molecule is COCC1=C(C2=CCCCC2)C2CCCOC12. The van der Waals surface area contributed by atoms with Crippen LogP contribution in [0.3, 0.4) is 0 Å². The Hall–Kier alpha value is -0.600. The normalized spacial score (nSPS) is 32.9. The van der Waals surface area contributed by atoms with Crippen LogP contribution in [0.25, 0.3) is 0 Å². The molecule has 1 fully saturated rings. The van der Waals surface area contributed by atoms with Gasteiger partial charge in [0.2, 0.25) is 0 Å². The van der Waals surface area contributed by atoms with Crippen LogP contribution in [0, 0.1) is 5.92 Å². The number of allylic oxidation sites excluding steroid dienone is 2. The lowest BCUT2D eigenvalue weighted by atomic mass is 9.67. The lowest BCUT2D eigenvalue weighted by Gasteiger charge is -2.46. The first kappa shape index (κ1) is 11.5. The molecule has 2 nitrogen and oxygen atoms in total. The highest BCUT2D eigenvalue weighted by molar-refractivity contribution is 5.49. The Morgan fingerprint density at radius 3 is 3.06 bits per heavy atom. The van der Waals surface area contributed by atoms with E-state index in [1.165, 1.54) is 44.1 Å². The van der Waals surface area contributed by atoms with Crippen LogP contribution in [0.15, 0.2) is 22.8 Å². The summed E-state index contributed by atoms with van der Waals surface area (Å²) in [5, 5.41) is 0. The van der Waals surface area contributed by atoms with Crippen molar-refractivity contribution in [2.45, 2.75) is 44.6 Å². The van der Waals surface area contributed by atoms with Gasteiger partial charge in [0.05, 0.1) is 12.7 Å². The third kappa shape index (κ3) is 1.98. The third-order valence-corrected chi connectivity index (χ3v) is 4.32. The Kier molecular flexibility index (Phi) is 3.34. The minimum absolute atomic E-state index is 0.376. The van der Waals surface area contributed by atoms with Gasteiger partial charge in [0.15, 0.2) is 0 Å². The zero-order chi connectivity index (χ0) is 11.7. The molecule has 0 saturated carbocycles. The topological polar surface area (TPSA) is 18.5 Å². The number of fused-ring (bicyclic) bond motifs is 1. The number of methoxy groups -OCH3 is 1. The summed E-state index contributed by atoms with van der Waals surface area (Å²) in [6, 6.07) is 0. The van der Waals surface area contributed by atoms with Crippen LogP contribution in [0.4, 0.5) is 0 Å². The van der Waals surface area contributed by atoms with E-state index in [-0.39, 0.29) is 0 Å². The van der Waals surface area contributed by atoms with Gasteiger partial charge in [-0.3, -0.25) is 0 Å². The fraction of sp³-hybridized carbons (Fsp3) is 0.733. The molecule has 1 aliphatic heterocycles. The lowest BCUT2D eigenvalue weighted by molar-refractivity contribution is -0.0198. The Balaban J connectivity index is 1.87. The molecule has 2 heteroatoms. The Morgan fingerprint density at radius 2 is 2.29 bits per heavy atom. The van der Waals surface area contributed by atoms with Crippen molar-refractivity contribution in [1.29, 1.82) is 0 Å². The van der Waals surface area contributed by atoms with Gasteiger partial charge in [-0.25, -0.2) is 0 Å². The van der Waals surface area contributed by atoms with E-state index in [0.29, 0.717) is 12.0 Å². The number of ether oxygens (including phenoxy) is 2. The average Bonchev–Trinajstić information content (AvgIpc) is 2.38. The van der Waals surface area contributed by atoms with Crippen molar-refractivity contribution in [1.82, 2.24) is 0 Å². The van der Waals surface area contributed by atoms with E-state index in [1.807, 2.05) is 0 Å². The molecule has 2 aliphatic carbocycles. The zero-order valence-electron chi connectivity index (χ0n) is 10.7. The van der Waals surface area contributed by atoms with Crippen LogP contribution in [0.5, 0.6) is 0 Å². The molecule has 0 aromatic carbocycles. The second-order valence-corrected chi connectivity index (χ2v) is 5.39. The van der Waals surface area contributed by atoms with E-state index in [4.69, 9.17) is 9.47 Å². The van der Waals surface area contributed by atoms with E-state index in [2.05, 4.69) is 6.08 Å². The van der Waals surface area contributed by atoms with Crippen molar-refractivity contribution in [3.05, 3.63) is 22.8 Å². The van der Waals surface area contributed by atoms with Crippen molar-refractivity contribution in [2.75, 3.05) is 20.3 Å². The van der Waals surface area contributed by atoms with Gasteiger partial charge in [-0.15, -0.1) is 0 Å². The van der Waals surface area contributed by atoms with Gasteiger partial charge in [-0.1, -0.05) is 6.08 Å². The molecule has 1 saturated heterocycles. The number of rotatable bonds is 3. The molecule has 0 amide bonds. The van der Waals surface area contributed by atoms with Gasteiger partial charge in [0, 0.05) is 19.6 Å². The maximum atomic E-state index is 5.90.